The molecule has 1 saturated heterocycles. The van der Waals surface area contributed by atoms with E-state index in [0.29, 0.717) is 0 Å². The average Bonchev–Trinajstić information content (AvgIpc) is 2.46. The van der Waals surface area contributed by atoms with Gasteiger partial charge in [-0.05, 0) is 25.2 Å². The van der Waals surface area contributed by atoms with Crippen LogP contribution < -0.4 is 5.32 Å². The Morgan fingerprint density at radius 3 is 2.79 bits per heavy atom. The van der Waals surface area contributed by atoms with Gasteiger partial charge in [-0.1, -0.05) is 63.6 Å². The lowest BCUT2D eigenvalue weighted by Crippen LogP contribution is -2.46. The van der Waals surface area contributed by atoms with E-state index < -0.39 is 0 Å². The molecule has 2 nitrogen and oxygen atoms in total. The lowest BCUT2D eigenvalue weighted by Gasteiger charge is -2.36. The minimum Gasteiger partial charge on any atom is -0.362 e. The third kappa shape index (κ3) is 5.37. The van der Waals surface area contributed by atoms with Crippen LogP contribution in [0.1, 0.15) is 71.1 Å². The fourth-order valence-electron chi connectivity index (χ4n) is 3.15. The van der Waals surface area contributed by atoms with Gasteiger partial charge in [0.25, 0.3) is 0 Å². The third-order valence-electron chi connectivity index (χ3n) is 4.42. The number of hydrogen-bond acceptors (Lipinski definition) is 2. The first-order valence-corrected chi connectivity index (χ1v) is 9.32. The smallest absolute Gasteiger partial charge is 0.156 e. The number of unbranched alkanes of at least 4 members (excludes halogenated alkanes) is 5. The summed E-state index contributed by atoms with van der Waals surface area (Å²) >= 11 is 1.96. The second-order valence-corrected chi connectivity index (χ2v) is 7.07. The van der Waals surface area contributed by atoms with Crippen molar-refractivity contribution in [2.24, 2.45) is 10.9 Å². The molecule has 3 heteroatoms. The number of rotatable bonds is 7. The highest BCUT2D eigenvalue weighted by Gasteiger charge is 2.29. The van der Waals surface area contributed by atoms with Gasteiger partial charge in [-0.15, -0.1) is 0 Å². The summed E-state index contributed by atoms with van der Waals surface area (Å²) in [5.74, 6) is 2.21. The number of nitrogens with zero attached hydrogens (tertiary/aromatic N) is 1. The first kappa shape index (κ1) is 15.2. The first-order valence-electron chi connectivity index (χ1n) is 8.34. The summed E-state index contributed by atoms with van der Waals surface area (Å²) in [6.45, 7) is 3.30. The van der Waals surface area contributed by atoms with Crippen LogP contribution in [0.4, 0.5) is 0 Å². The number of aliphatic imine (C=N–C) groups is 1. The molecule has 0 bridgehead atoms. The highest BCUT2D eigenvalue weighted by atomic mass is 32.2. The molecule has 2 fully saturated rings. The molecule has 1 saturated carbocycles. The normalized spacial score (nSPS) is 29.0. The van der Waals surface area contributed by atoms with Crippen molar-refractivity contribution in [1.82, 2.24) is 5.32 Å². The predicted octanol–water partition coefficient (Wildman–Crippen LogP) is 4.60. The standard InChI is InChI=1S/C16H30N2S/c1-2-3-4-5-6-9-12-17-16-18-15-11-8-7-10-14(15)13-19-16/h14-15H,2-13H2,1H3,(H,17,18). The maximum atomic E-state index is 4.76. The SMILES string of the molecule is CCCCCCCCN=C1NC2CCCCC2CS1. The Labute approximate surface area is 123 Å². The van der Waals surface area contributed by atoms with Crippen LogP contribution in [-0.4, -0.2) is 23.5 Å². The molecule has 19 heavy (non-hydrogen) atoms. The van der Waals surface area contributed by atoms with Crippen LogP contribution in [-0.2, 0) is 0 Å². The summed E-state index contributed by atoms with van der Waals surface area (Å²) in [6, 6.07) is 0.735. The summed E-state index contributed by atoms with van der Waals surface area (Å²) in [6.07, 6.45) is 13.8. The Hall–Kier alpha value is -0.180. The number of nitrogens with one attached hydrogen (secondary N) is 1. The van der Waals surface area contributed by atoms with Crippen molar-refractivity contribution in [1.29, 1.82) is 0 Å². The van der Waals surface area contributed by atoms with Crippen molar-refractivity contribution < 1.29 is 0 Å². The second-order valence-electron chi connectivity index (χ2n) is 6.06. The molecule has 1 N–H and O–H groups in total. The number of hydrogen-bond donors (Lipinski definition) is 1. The molecular formula is C16H30N2S. The van der Waals surface area contributed by atoms with Gasteiger partial charge in [0.05, 0.1) is 0 Å². The zero-order chi connectivity index (χ0) is 13.3. The van der Waals surface area contributed by atoms with Gasteiger partial charge in [-0.25, -0.2) is 0 Å². The van der Waals surface area contributed by atoms with E-state index in [0.717, 1.165) is 18.5 Å². The maximum absolute atomic E-state index is 4.76. The van der Waals surface area contributed by atoms with Crippen LogP contribution in [0.25, 0.3) is 0 Å². The van der Waals surface area contributed by atoms with Gasteiger partial charge in [-0.2, -0.15) is 0 Å². The van der Waals surface area contributed by atoms with E-state index in [1.165, 1.54) is 75.1 Å². The van der Waals surface area contributed by atoms with Gasteiger partial charge in [0.1, 0.15) is 0 Å². The zero-order valence-electron chi connectivity index (χ0n) is 12.5. The van der Waals surface area contributed by atoms with E-state index in [2.05, 4.69) is 12.2 Å². The molecule has 1 aliphatic heterocycles. The first-order chi connectivity index (χ1) is 9.40. The highest BCUT2D eigenvalue weighted by Crippen LogP contribution is 2.31. The van der Waals surface area contributed by atoms with E-state index in [-0.39, 0.29) is 0 Å². The molecule has 1 aliphatic carbocycles. The van der Waals surface area contributed by atoms with Gasteiger partial charge in [0.2, 0.25) is 0 Å². The van der Waals surface area contributed by atoms with Crippen molar-refractivity contribution in [3.05, 3.63) is 0 Å². The molecular weight excluding hydrogens is 252 g/mol. The molecule has 0 aromatic carbocycles. The van der Waals surface area contributed by atoms with Crippen molar-refractivity contribution in [3.63, 3.8) is 0 Å². The Morgan fingerprint density at radius 1 is 1.11 bits per heavy atom. The minimum absolute atomic E-state index is 0.735. The molecule has 2 atom stereocenters. The lowest BCUT2D eigenvalue weighted by molar-refractivity contribution is 0.311. The quantitative estimate of drug-likeness (QED) is 0.690. The third-order valence-corrected chi connectivity index (χ3v) is 5.53. The molecule has 0 aromatic heterocycles. The van der Waals surface area contributed by atoms with Crippen LogP contribution in [0.3, 0.4) is 0 Å². The van der Waals surface area contributed by atoms with Crippen LogP contribution in [0, 0.1) is 5.92 Å². The topological polar surface area (TPSA) is 24.4 Å². The molecule has 0 spiro atoms. The van der Waals surface area contributed by atoms with Gasteiger partial charge < -0.3 is 5.32 Å². The summed E-state index contributed by atoms with van der Waals surface area (Å²) < 4.78 is 0. The number of fused-ring (bicyclic) bond motifs is 1. The summed E-state index contributed by atoms with van der Waals surface area (Å²) in [7, 11) is 0. The monoisotopic (exact) mass is 282 g/mol. The van der Waals surface area contributed by atoms with Crippen LogP contribution in [0.2, 0.25) is 0 Å². The van der Waals surface area contributed by atoms with E-state index in [4.69, 9.17) is 4.99 Å². The fraction of sp³-hybridized carbons (Fsp3) is 0.938. The van der Waals surface area contributed by atoms with Crippen molar-refractivity contribution in [2.75, 3.05) is 12.3 Å². The van der Waals surface area contributed by atoms with E-state index in [9.17, 15) is 0 Å². The van der Waals surface area contributed by atoms with Gasteiger partial charge >= 0.3 is 0 Å². The van der Waals surface area contributed by atoms with Crippen LogP contribution >= 0.6 is 11.8 Å². The van der Waals surface area contributed by atoms with E-state index >= 15 is 0 Å². The number of thioether (sulfide) groups is 1. The summed E-state index contributed by atoms with van der Waals surface area (Å²) in [4.78, 5) is 4.76. The largest absolute Gasteiger partial charge is 0.362 e. The predicted molar refractivity (Wildman–Crippen MR) is 87.0 cm³/mol. The van der Waals surface area contributed by atoms with Crippen molar-refractivity contribution in [3.8, 4) is 0 Å². The highest BCUT2D eigenvalue weighted by molar-refractivity contribution is 8.13. The van der Waals surface area contributed by atoms with Crippen molar-refractivity contribution in [2.45, 2.75) is 77.2 Å². The van der Waals surface area contributed by atoms with Gasteiger partial charge in [0, 0.05) is 18.3 Å². The van der Waals surface area contributed by atoms with Crippen LogP contribution in [0.15, 0.2) is 4.99 Å². The molecule has 0 amide bonds. The molecule has 1 heterocycles. The van der Waals surface area contributed by atoms with Crippen LogP contribution in [0.5, 0.6) is 0 Å². The molecule has 0 radical (unpaired) electrons. The Bertz CT molecular complexity index is 278. The van der Waals surface area contributed by atoms with Gasteiger partial charge in [-0.3, -0.25) is 4.99 Å². The van der Waals surface area contributed by atoms with E-state index in [1.807, 2.05) is 11.8 Å². The molecule has 2 unspecified atom stereocenters. The zero-order valence-corrected chi connectivity index (χ0v) is 13.3. The lowest BCUT2D eigenvalue weighted by atomic mass is 9.86. The van der Waals surface area contributed by atoms with E-state index in [1.54, 1.807) is 0 Å². The second kappa shape index (κ2) is 8.89. The number of amidine groups is 1. The maximum Gasteiger partial charge on any atom is 0.156 e. The molecule has 2 rings (SSSR count). The average molecular weight is 282 g/mol. The fourth-order valence-corrected chi connectivity index (χ4v) is 4.34. The Balaban J connectivity index is 1.58. The molecule has 0 aromatic rings. The summed E-state index contributed by atoms with van der Waals surface area (Å²) in [5, 5.41) is 4.91. The van der Waals surface area contributed by atoms with Crippen molar-refractivity contribution >= 4 is 16.9 Å². The molecule has 2 aliphatic rings. The Kier molecular flexibility index (Phi) is 7.11. The van der Waals surface area contributed by atoms with Gasteiger partial charge in [0.15, 0.2) is 5.17 Å². The Morgan fingerprint density at radius 2 is 1.89 bits per heavy atom. The minimum atomic E-state index is 0.735. The summed E-state index contributed by atoms with van der Waals surface area (Å²) in [5.41, 5.74) is 0. The molecule has 110 valence electrons.